The molecule has 0 fully saturated rings. The van der Waals surface area contributed by atoms with Crippen molar-refractivity contribution in [3.05, 3.63) is 35.7 Å². The quantitative estimate of drug-likeness (QED) is 0.815. The molecule has 2 aromatic rings. The van der Waals surface area contributed by atoms with Crippen LogP contribution < -0.4 is 0 Å². The molecule has 0 bridgehead atoms. The molecule has 0 aliphatic heterocycles. The van der Waals surface area contributed by atoms with E-state index in [0.717, 1.165) is 11.3 Å². The maximum absolute atomic E-state index is 10.5. The molecular weight excluding hydrogens is 208 g/mol. The van der Waals surface area contributed by atoms with Gasteiger partial charge in [-0.1, -0.05) is 18.2 Å². The van der Waals surface area contributed by atoms with Crippen LogP contribution in [0, 0.1) is 6.92 Å². The highest BCUT2D eigenvalue weighted by Crippen LogP contribution is 2.10. The van der Waals surface area contributed by atoms with Crippen LogP contribution >= 0.6 is 0 Å². The minimum atomic E-state index is -0.968. The number of benzene rings is 1. The fourth-order valence-electron chi connectivity index (χ4n) is 1.34. The van der Waals surface area contributed by atoms with E-state index in [9.17, 15) is 4.79 Å². The molecular formula is C10H10N4O2. The van der Waals surface area contributed by atoms with E-state index >= 15 is 0 Å². The van der Waals surface area contributed by atoms with Crippen molar-refractivity contribution in [3.63, 3.8) is 0 Å². The van der Waals surface area contributed by atoms with Gasteiger partial charge in [0.15, 0.2) is 5.82 Å². The van der Waals surface area contributed by atoms with Gasteiger partial charge in [0.1, 0.15) is 6.42 Å². The van der Waals surface area contributed by atoms with Gasteiger partial charge in [-0.05, 0) is 23.8 Å². The third-order valence-electron chi connectivity index (χ3n) is 2.10. The zero-order chi connectivity index (χ0) is 11.5. The van der Waals surface area contributed by atoms with E-state index in [2.05, 4.69) is 15.4 Å². The van der Waals surface area contributed by atoms with Crippen molar-refractivity contribution in [1.29, 1.82) is 0 Å². The summed E-state index contributed by atoms with van der Waals surface area (Å²) in [5.74, 6) is -0.764. The molecule has 0 spiro atoms. The Morgan fingerprint density at radius 3 is 2.88 bits per heavy atom. The molecule has 0 aliphatic rings. The van der Waals surface area contributed by atoms with Gasteiger partial charge in [0.25, 0.3) is 0 Å². The van der Waals surface area contributed by atoms with E-state index in [4.69, 9.17) is 5.11 Å². The zero-order valence-electron chi connectivity index (χ0n) is 8.66. The summed E-state index contributed by atoms with van der Waals surface area (Å²) in [6.07, 6.45) is -0.216. The molecule has 1 aromatic heterocycles. The smallest absolute Gasteiger partial charge is 0.311 e. The van der Waals surface area contributed by atoms with Crippen molar-refractivity contribution in [2.24, 2.45) is 0 Å². The molecule has 16 heavy (non-hydrogen) atoms. The van der Waals surface area contributed by atoms with E-state index in [1.807, 2.05) is 31.2 Å². The summed E-state index contributed by atoms with van der Waals surface area (Å²) >= 11 is 0. The Morgan fingerprint density at radius 1 is 1.44 bits per heavy atom. The van der Waals surface area contributed by atoms with Crippen LogP contribution in [0.2, 0.25) is 0 Å². The molecule has 0 amide bonds. The molecule has 1 N–H and O–H groups in total. The van der Waals surface area contributed by atoms with Crippen LogP contribution in [0.5, 0.6) is 0 Å². The van der Waals surface area contributed by atoms with E-state index in [1.54, 1.807) is 0 Å². The van der Waals surface area contributed by atoms with Gasteiger partial charge in [-0.15, -0.1) is 15.0 Å². The Balaban J connectivity index is 2.32. The fraction of sp³-hybridized carbons (Fsp3) is 0.200. The molecule has 0 aliphatic carbocycles. The number of nitrogens with zero attached hydrogens (tertiary/aromatic N) is 4. The highest BCUT2D eigenvalue weighted by molar-refractivity contribution is 5.68. The highest BCUT2D eigenvalue weighted by atomic mass is 16.4. The number of hydrogen-bond donors (Lipinski definition) is 1. The third-order valence-corrected chi connectivity index (χ3v) is 2.10. The number of aryl methyl sites for hydroxylation is 1. The van der Waals surface area contributed by atoms with Crippen molar-refractivity contribution in [2.45, 2.75) is 13.3 Å². The summed E-state index contributed by atoms with van der Waals surface area (Å²) in [6, 6.07) is 7.55. The molecule has 0 atom stereocenters. The molecule has 1 aromatic carbocycles. The lowest BCUT2D eigenvalue weighted by Crippen LogP contribution is -2.04. The summed E-state index contributed by atoms with van der Waals surface area (Å²) in [7, 11) is 0. The first kappa shape index (κ1) is 10.3. The molecule has 6 heteroatoms. The van der Waals surface area contributed by atoms with Gasteiger partial charge in [0.05, 0.1) is 5.69 Å². The predicted molar refractivity (Wildman–Crippen MR) is 55.2 cm³/mol. The second-order valence-corrected chi connectivity index (χ2v) is 3.35. The maximum Gasteiger partial charge on any atom is 0.311 e. The Bertz CT molecular complexity index is 521. The van der Waals surface area contributed by atoms with Crippen LogP contribution in [0.15, 0.2) is 24.3 Å². The predicted octanol–water partition coefficient (Wildman–Crippen LogP) is 0.598. The first-order valence-electron chi connectivity index (χ1n) is 4.73. The Morgan fingerprint density at radius 2 is 2.19 bits per heavy atom. The first-order valence-corrected chi connectivity index (χ1v) is 4.73. The minimum absolute atomic E-state index is 0.204. The molecule has 2 rings (SSSR count). The molecule has 6 nitrogen and oxygen atoms in total. The van der Waals surface area contributed by atoms with Crippen LogP contribution in [0.1, 0.15) is 11.4 Å². The second kappa shape index (κ2) is 4.09. The molecule has 82 valence electrons. The number of para-hydroxylation sites is 1. The molecule has 0 unspecified atom stereocenters. The lowest BCUT2D eigenvalue weighted by atomic mass is 10.2. The summed E-state index contributed by atoms with van der Waals surface area (Å²) in [6.45, 7) is 1.93. The number of hydrogen-bond acceptors (Lipinski definition) is 4. The van der Waals surface area contributed by atoms with Gasteiger partial charge in [-0.2, -0.15) is 0 Å². The number of aromatic nitrogens is 4. The van der Waals surface area contributed by atoms with Crippen molar-refractivity contribution < 1.29 is 9.90 Å². The lowest BCUT2D eigenvalue weighted by Gasteiger charge is -2.01. The maximum atomic E-state index is 10.5. The minimum Gasteiger partial charge on any atom is -0.481 e. The van der Waals surface area contributed by atoms with E-state index in [-0.39, 0.29) is 12.2 Å². The average molecular weight is 218 g/mol. The first-order chi connectivity index (χ1) is 7.66. The highest BCUT2D eigenvalue weighted by Gasteiger charge is 2.09. The third kappa shape index (κ3) is 2.05. The van der Waals surface area contributed by atoms with Gasteiger partial charge in [0, 0.05) is 0 Å². The number of tetrazole rings is 1. The van der Waals surface area contributed by atoms with E-state index in [0.29, 0.717) is 0 Å². The summed E-state index contributed by atoms with van der Waals surface area (Å²) in [4.78, 5) is 11.8. The van der Waals surface area contributed by atoms with Crippen molar-refractivity contribution in [3.8, 4) is 5.69 Å². The molecule has 0 saturated heterocycles. The summed E-state index contributed by atoms with van der Waals surface area (Å²) in [5, 5.41) is 20.1. The number of rotatable bonds is 3. The van der Waals surface area contributed by atoms with Gasteiger partial charge in [-0.3, -0.25) is 4.79 Å². The Hall–Kier alpha value is -2.24. The van der Waals surface area contributed by atoms with Crippen molar-refractivity contribution >= 4 is 5.97 Å². The fourth-order valence-corrected chi connectivity index (χ4v) is 1.34. The Kier molecular flexibility index (Phi) is 2.63. The van der Waals surface area contributed by atoms with E-state index in [1.165, 1.54) is 4.80 Å². The normalized spacial score (nSPS) is 10.3. The number of aliphatic carboxylic acids is 1. The van der Waals surface area contributed by atoms with Crippen LogP contribution in [0.3, 0.4) is 0 Å². The Labute approximate surface area is 91.5 Å². The topological polar surface area (TPSA) is 80.9 Å². The summed E-state index contributed by atoms with van der Waals surface area (Å²) in [5.41, 5.74) is 1.80. The number of carbonyl (C=O) groups is 1. The molecule has 1 heterocycles. The number of carboxylic acids is 1. The van der Waals surface area contributed by atoms with Gasteiger partial charge in [0.2, 0.25) is 0 Å². The average Bonchev–Trinajstić information content (AvgIpc) is 2.66. The van der Waals surface area contributed by atoms with Crippen molar-refractivity contribution in [1.82, 2.24) is 20.2 Å². The van der Waals surface area contributed by atoms with Crippen LogP contribution in [0.4, 0.5) is 0 Å². The zero-order valence-corrected chi connectivity index (χ0v) is 8.66. The van der Waals surface area contributed by atoms with Crippen LogP contribution in [-0.4, -0.2) is 31.3 Å². The van der Waals surface area contributed by atoms with Crippen molar-refractivity contribution in [2.75, 3.05) is 0 Å². The van der Waals surface area contributed by atoms with Gasteiger partial charge >= 0.3 is 5.97 Å². The summed E-state index contributed by atoms with van der Waals surface area (Å²) < 4.78 is 0. The largest absolute Gasteiger partial charge is 0.481 e. The molecule has 0 saturated carbocycles. The number of carboxylic acid groups (broad SMARTS) is 1. The van der Waals surface area contributed by atoms with Gasteiger partial charge < -0.3 is 5.11 Å². The lowest BCUT2D eigenvalue weighted by molar-refractivity contribution is -0.136. The van der Waals surface area contributed by atoms with Crippen LogP contribution in [-0.2, 0) is 11.2 Å². The standard InChI is InChI=1S/C10H10N4O2/c1-7-4-2-3-5-8(7)14-12-9(11-13-14)6-10(15)16/h2-5H,6H2,1H3,(H,15,16). The second-order valence-electron chi connectivity index (χ2n) is 3.35. The SMILES string of the molecule is Cc1ccccc1-n1nnc(CC(=O)O)n1. The van der Waals surface area contributed by atoms with Gasteiger partial charge in [-0.25, -0.2) is 0 Å². The van der Waals surface area contributed by atoms with E-state index < -0.39 is 5.97 Å². The monoisotopic (exact) mass is 218 g/mol. The van der Waals surface area contributed by atoms with Crippen LogP contribution in [0.25, 0.3) is 5.69 Å². The molecule has 0 radical (unpaired) electrons.